The van der Waals surface area contributed by atoms with Gasteiger partial charge in [-0.15, -0.1) is 0 Å². The van der Waals surface area contributed by atoms with Gasteiger partial charge in [-0.25, -0.2) is 18.4 Å². The van der Waals surface area contributed by atoms with Gasteiger partial charge in [-0.2, -0.15) is 5.10 Å². The van der Waals surface area contributed by atoms with Crippen LogP contribution in [0.2, 0.25) is 0 Å². The number of halogens is 2. The first-order chi connectivity index (χ1) is 15.8. The van der Waals surface area contributed by atoms with E-state index < -0.39 is 17.5 Å². The van der Waals surface area contributed by atoms with Crippen LogP contribution in [0.3, 0.4) is 0 Å². The monoisotopic (exact) mass is 475 g/mol. The number of carbonyl (C=O) groups is 1. The molecule has 0 saturated carbocycles. The van der Waals surface area contributed by atoms with Crippen molar-refractivity contribution < 1.29 is 13.6 Å². The fourth-order valence-corrected chi connectivity index (χ4v) is 4.83. The molecule has 5 N–H and O–H groups in total. The first-order valence-electron chi connectivity index (χ1n) is 10.9. The minimum Gasteiger partial charge on any atom is -0.389 e. The van der Waals surface area contributed by atoms with Crippen LogP contribution in [0.25, 0.3) is 10.6 Å². The predicted octanol–water partition coefficient (Wildman–Crippen LogP) is 4.02. The lowest BCUT2D eigenvalue weighted by Crippen LogP contribution is -2.30. The summed E-state index contributed by atoms with van der Waals surface area (Å²) in [4.78, 5) is 19.4. The third kappa shape index (κ3) is 4.69. The molecule has 1 aliphatic heterocycles. The van der Waals surface area contributed by atoms with Gasteiger partial charge in [0.15, 0.2) is 11.5 Å². The molecule has 0 radical (unpaired) electrons. The van der Waals surface area contributed by atoms with Crippen molar-refractivity contribution >= 4 is 33.8 Å². The molecule has 1 aromatic carbocycles. The molecule has 1 aliphatic rings. The lowest BCUT2D eigenvalue weighted by molar-refractivity contribution is 0.102. The Balaban J connectivity index is 1.64. The van der Waals surface area contributed by atoms with E-state index in [4.69, 9.17) is 11.5 Å². The van der Waals surface area contributed by atoms with Gasteiger partial charge in [0, 0.05) is 25.2 Å². The number of aromatic nitrogens is 3. The van der Waals surface area contributed by atoms with Crippen LogP contribution in [0, 0.1) is 11.6 Å². The molecule has 4 rings (SSSR count). The summed E-state index contributed by atoms with van der Waals surface area (Å²) in [5.41, 5.74) is 12.3. The number of thiazole rings is 1. The Labute approximate surface area is 194 Å². The van der Waals surface area contributed by atoms with Crippen molar-refractivity contribution in [3.63, 3.8) is 0 Å². The lowest BCUT2D eigenvalue weighted by Gasteiger charge is -2.26. The second kappa shape index (κ2) is 9.44. The number of anilines is 3. The highest BCUT2D eigenvalue weighted by atomic mass is 32.1. The highest BCUT2D eigenvalue weighted by Crippen LogP contribution is 2.35. The maximum atomic E-state index is 14.2. The van der Waals surface area contributed by atoms with Crippen molar-refractivity contribution in [1.29, 1.82) is 0 Å². The van der Waals surface area contributed by atoms with Gasteiger partial charge in [0.2, 0.25) is 0 Å². The molecule has 8 nitrogen and oxygen atoms in total. The zero-order valence-electron chi connectivity index (χ0n) is 18.5. The largest absolute Gasteiger partial charge is 0.389 e. The van der Waals surface area contributed by atoms with E-state index in [0.29, 0.717) is 5.69 Å². The van der Waals surface area contributed by atoms with Crippen LogP contribution >= 0.6 is 11.3 Å². The van der Waals surface area contributed by atoms with Crippen LogP contribution in [0.15, 0.2) is 24.4 Å². The Kier molecular flexibility index (Phi) is 6.61. The average molecular weight is 476 g/mol. The summed E-state index contributed by atoms with van der Waals surface area (Å²) in [6, 6.07) is 3.76. The van der Waals surface area contributed by atoms with E-state index in [1.807, 2.05) is 18.5 Å². The molecule has 0 spiro atoms. The third-order valence-corrected chi connectivity index (χ3v) is 6.53. The standard InChI is InChI=1S/C22H27F2N7OS/c1-12(2)31-22(30-9-4-5-13(25)8-10-30)16(11-27-31)28-20(32)18-19(26)33-21(29-18)17-14(23)6-3-7-15(17)24/h3,6-7,11-13H,4-5,8-10,25-26H2,1-2H3,(H,28,32). The van der Waals surface area contributed by atoms with Crippen LogP contribution in [0.1, 0.15) is 49.6 Å². The molecule has 11 heteroatoms. The molecule has 1 unspecified atom stereocenters. The van der Waals surface area contributed by atoms with Crippen molar-refractivity contribution in [3.05, 3.63) is 41.7 Å². The quantitative estimate of drug-likeness (QED) is 0.513. The molecule has 3 aromatic rings. The fourth-order valence-electron chi connectivity index (χ4n) is 3.96. The number of hydrogen-bond donors (Lipinski definition) is 3. The summed E-state index contributed by atoms with van der Waals surface area (Å²) in [7, 11) is 0. The molecule has 1 fully saturated rings. The number of nitrogens with one attached hydrogen (secondary N) is 1. The molecule has 2 aromatic heterocycles. The SMILES string of the molecule is CC(C)n1ncc(NC(=O)c2nc(-c3c(F)cccc3F)sc2N)c1N1CCCC(N)CC1. The Morgan fingerprint density at radius 3 is 2.67 bits per heavy atom. The van der Waals surface area contributed by atoms with E-state index in [0.717, 1.165) is 61.6 Å². The van der Waals surface area contributed by atoms with Crippen LogP contribution < -0.4 is 21.7 Å². The molecular weight excluding hydrogens is 448 g/mol. The van der Waals surface area contributed by atoms with E-state index in [1.165, 1.54) is 6.07 Å². The Hall–Kier alpha value is -3.05. The van der Waals surface area contributed by atoms with Gasteiger partial charge < -0.3 is 21.7 Å². The van der Waals surface area contributed by atoms with Crippen molar-refractivity contribution in [2.75, 3.05) is 29.0 Å². The zero-order valence-corrected chi connectivity index (χ0v) is 19.3. The number of nitrogens with two attached hydrogens (primary N) is 2. The van der Waals surface area contributed by atoms with E-state index in [2.05, 4.69) is 20.3 Å². The van der Waals surface area contributed by atoms with Crippen molar-refractivity contribution in [3.8, 4) is 10.6 Å². The van der Waals surface area contributed by atoms with E-state index >= 15 is 0 Å². The second-order valence-electron chi connectivity index (χ2n) is 8.38. The van der Waals surface area contributed by atoms with Gasteiger partial charge in [0.1, 0.15) is 27.3 Å². The van der Waals surface area contributed by atoms with E-state index in [1.54, 1.807) is 6.20 Å². The lowest BCUT2D eigenvalue weighted by atomic mass is 10.1. The Morgan fingerprint density at radius 2 is 1.97 bits per heavy atom. The fraction of sp³-hybridized carbons (Fsp3) is 0.409. The van der Waals surface area contributed by atoms with Crippen molar-refractivity contribution in [1.82, 2.24) is 14.8 Å². The molecule has 33 heavy (non-hydrogen) atoms. The molecule has 3 heterocycles. The van der Waals surface area contributed by atoms with Crippen molar-refractivity contribution in [2.45, 2.75) is 45.2 Å². The van der Waals surface area contributed by atoms with Crippen LogP contribution in [0.4, 0.5) is 25.3 Å². The van der Waals surface area contributed by atoms with Gasteiger partial charge in [-0.1, -0.05) is 17.4 Å². The number of amides is 1. The summed E-state index contributed by atoms with van der Waals surface area (Å²) in [5, 5.41) is 7.39. The van der Waals surface area contributed by atoms with E-state index in [9.17, 15) is 13.6 Å². The Bertz CT molecular complexity index is 1140. The normalized spacial score (nSPS) is 16.8. The van der Waals surface area contributed by atoms with Crippen LogP contribution in [0.5, 0.6) is 0 Å². The van der Waals surface area contributed by atoms with Crippen molar-refractivity contribution in [2.24, 2.45) is 5.73 Å². The molecular formula is C22H27F2N7OS. The number of nitrogen functional groups attached to an aromatic ring is 1. The summed E-state index contributed by atoms with van der Waals surface area (Å²) >= 11 is 0.861. The summed E-state index contributed by atoms with van der Waals surface area (Å²) in [5.74, 6) is -1.31. The average Bonchev–Trinajstić information content (AvgIpc) is 3.27. The van der Waals surface area contributed by atoms with Gasteiger partial charge in [-0.05, 0) is 45.2 Å². The van der Waals surface area contributed by atoms with Gasteiger partial charge >= 0.3 is 0 Å². The number of nitrogens with zero attached hydrogens (tertiary/aromatic N) is 4. The van der Waals surface area contributed by atoms with Crippen LogP contribution in [-0.2, 0) is 0 Å². The van der Waals surface area contributed by atoms with Gasteiger partial charge in [-0.3, -0.25) is 4.79 Å². The van der Waals surface area contributed by atoms with Gasteiger partial charge in [0.25, 0.3) is 5.91 Å². The zero-order chi connectivity index (χ0) is 23.7. The topological polar surface area (TPSA) is 115 Å². The highest BCUT2D eigenvalue weighted by Gasteiger charge is 2.26. The number of hydrogen-bond acceptors (Lipinski definition) is 7. The van der Waals surface area contributed by atoms with E-state index in [-0.39, 0.29) is 33.3 Å². The number of rotatable bonds is 5. The maximum Gasteiger partial charge on any atom is 0.277 e. The molecule has 1 saturated heterocycles. The third-order valence-electron chi connectivity index (χ3n) is 5.62. The second-order valence-corrected chi connectivity index (χ2v) is 9.41. The molecule has 176 valence electrons. The van der Waals surface area contributed by atoms with Crippen LogP contribution in [-0.4, -0.2) is 39.8 Å². The number of benzene rings is 1. The minimum atomic E-state index is -0.768. The first-order valence-corrected chi connectivity index (χ1v) is 11.7. The summed E-state index contributed by atoms with van der Waals surface area (Å²) < 4.78 is 30.2. The first kappa shape index (κ1) is 23.1. The summed E-state index contributed by atoms with van der Waals surface area (Å²) in [6.07, 6.45) is 4.32. The molecule has 0 aliphatic carbocycles. The molecule has 1 atom stereocenters. The maximum absolute atomic E-state index is 14.2. The highest BCUT2D eigenvalue weighted by molar-refractivity contribution is 7.19. The summed E-state index contributed by atoms with van der Waals surface area (Å²) in [6.45, 7) is 5.57. The Morgan fingerprint density at radius 1 is 1.24 bits per heavy atom. The minimum absolute atomic E-state index is 0.00727. The smallest absolute Gasteiger partial charge is 0.277 e. The molecule has 1 amide bonds. The molecule has 0 bridgehead atoms. The number of carbonyl (C=O) groups excluding carboxylic acids is 1. The predicted molar refractivity (Wildman–Crippen MR) is 126 cm³/mol. The van der Waals surface area contributed by atoms with Gasteiger partial charge in [0.05, 0.1) is 11.8 Å².